The van der Waals surface area contributed by atoms with Crippen molar-refractivity contribution < 1.29 is 14.3 Å². The molecule has 6 heteroatoms. The highest BCUT2D eigenvalue weighted by Gasteiger charge is 2.35. The third kappa shape index (κ3) is 5.59. The summed E-state index contributed by atoms with van der Waals surface area (Å²) in [5.74, 6) is 0.878. The van der Waals surface area contributed by atoms with Gasteiger partial charge in [0.25, 0.3) is 5.91 Å². The summed E-state index contributed by atoms with van der Waals surface area (Å²) in [4.78, 5) is 29.9. The van der Waals surface area contributed by atoms with Crippen molar-refractivity contribution in [3.05, 3.63) is 65.2 Å². The lowest BCUT2D eigenvalue weighted by Crippen LogP contribution is -2.49. The third-order valence-corrected chi connectivity index (χ3v) is 6.43. The first-order valence-electron chi connectivity index (χ1n) is 11.1. The van der Waals surface area contributed by atoms with E-state index in [4.69, 9.17) is 16.3 Å². The standard InChI is InChI=1S/C25H29ClN2O3/c26-21-9-7-8-19(16-21)25(30)28-15-12-23(31-22-10-3-1-4-11-22)20(18-28)17-24(29)27-13-5-2-6-14-27/h1,3-4,7-11,16,20,23H,2,5-6,12-15,17-18H2/t20-,23-/m0/s1. The zero-order valence-electron chi connectivity index (χ0n) is 17.7. The van der Waals surface area contributed by atoms with E-state index >= 15 is 0 Å². The van der Waals surface area contributed by atoms with Gasteiger partial charge in [0.15, 0.2) is 0 Å². The van der Waals surface area contributed by atoms with E-state index in [9.17, 15) is 9.59 Å². The highest BCUT2D eigenvalue weighted by molar-refractivity contribution is 6.30. The fraction of sp³-hybridized carbons (Fsp3) is 0.440. The summed E-state index contributed by atoms with van der Waals surface area (Å²) < 4.78 is 6.28. The van der Waals surface area contributed by atoms with Crippen molar-refractivity contribution in [3.63, 3.8) is 0 Å². The Balaban J connectivity index is 1.48. The van der Waals surface area contributed by atoms with Crippen molar-refractivity contribution in [1.82, 2.24) is 9.80 Å². The number of hydrogen-bond donors (Lipinski definition) is 0. The van der Waals surface area contributed by atoms with Crippen LogP contribution in [0.5, 0.6) is 5.75 Å². The molecule has 0 saturated carbocycles. The molecule has 0 unspecified atom stereocenters. The predicted octanol–water partition coefficient (Wildman–Crippen LogP) is 4.65. The maximum Gasteiger partial charge on any atom is 0.253 e. The number of ether oxygens (including phenoxy) is 1. The number of nitrogens with zero attached hydrogens (tertiary/aromatic N) is 2. The van der Waals surface area contributed by atoms with Crippen LogP contribution in [0.3, 0.4) is 0 Å². The largest absolute Gasteiger partial charge is 0.490 e. The van der Waals surface area contributed by atoms with Crippen molar-refractivity contribution in [2.24, 2.45) is 5.92 Å². The van der Waals surface area contributed by atoms with Gasteiger partial charge in [-0.3, -0.25) is 9.59 Å². The molecule has 0 bridgehead atoms. The fourth-order valence-electron chi connectivity index (χ4n) is 4.52. The van der Waals surface area contributed by atoms with Crippen LogP contribution in [0.4, 0.5) is 0 Å². The lowest BCUT2D eigenvalue weighted by Gasteiger charge is -2.39. The molecule has 0 aliphatic carbocycles. The first-order valence-corrected chi connectivity index (χ1v) is 11.5. The molecule has 5 nitrogen and oxygen atoms in total. The Morgan fingerprint density at radius 3 is 2.45 bits per heavy atom. The Kier molecular flexibility index (Phi) is 7.13. The summed E-state index contributed by atoms with van der Waals surface area (Å²) >= 11 is 6.08. The van der Waals surface area contributed by atoms with Gasteiger partial charge in [-0.1, -0.05) is 35.9 Å². The Labute approximate surface area is 188 Å². The van der Waals surface area contributed by atoms with E-state index in [1.807, 2.05) is 40.1 Å². The second-order valence-electron chi connectivity index (χ2n) is 8.43. The van der Waals surface area contributed by atoms with Crippen LogP contribution in [0.1, 0.15) is 42.5 Å². The predicted molar refractivity (Wildman–Crippen MR) is 121 cm³/mol. The smallest absolute Gasteiger partial charge is 0.253 e. The molecule has 2 amide bonds. The fourth-order valence-corrected chi connectivity index (χ4v) is 4.71. The van der Waals surface area contributed by atoms with Crippen LogP contribution in [-0.4, -0.2) is 53.9 Å². The molecule has 164 valence electrons. The molecule has 2 aromatic rings. The normalized spacial score (nSPS) is 21.6. The van der Waals surface area contributed by atoms with Crippen LogP contribution in [0.25, 0.3) is 0 Å². The van der Waals surface area contributed by atoms with E-state index in [1.54, 1.807) is 24.3 Å². The van der Waals surface area contributed by atoms with Gasteiger partial charge in [-0.25, -0.2) is 0 Å². The molecule has 0 aromatic heterocycles. The highest BCUT2D eigenvalue weighted by atomic mass is 35.5. The molecule has 2 atom stereocenters. The molecule has 2 fully saturated rings. The quantitative estimate of drug-likeness (QED) is 0.679. The average molecular weight is 441 g/mol. The number of amides is 2. The number of carbonyl (C=O) groups excluding carboxylic acids is 2. The van der Waals surface area contributed by atoms with Crippen LogP contribution in [0.2, 0.25) is 5.02 Å². The second-order valence-corrected chi connectivity index (χ2v) is 8.86. The molecule has 2 aliphatic rings. The van der Waals surface area contributed by atoms with Gasteiger partial charge in [0.05, 0.1) is 0 Å². The summed E-state index contributed by atoms with van der Waals surface area (Å²) in [6, 6.07) is 16.8. The van der Waals surface area contributed by atoms with Crippen molar-refractivity contribution in [2.45, 2.75) is 38.2 Å². The number of piperidine rings is 2. The zero-order chi connectivity index (χ0) is 21.6. The summed E-state index contributed by atoms with van der Waals surface area (Å²) in [5.41, 5.74) is 0.580. The number of rotatable bonds is 5. The number of likely N-dealkylation sites (tertiary alicyclic amines) is 2. The minimum atomic E-state index is -0.0976. The SMILES string of the molecule is O=C(C[C@H]1CN(C(=O)c2cccc(Cl)c2)CC[C@@H]1Oc1ccccc1)N1CCCCC1. The van der Waals surface area contributed by atoms with E-state index in [0.29, 0.717) is 36.5 Å². The molecular weight excluding hydrogens is 412 g/mol. The number of para-hydroxylation sites is 1. The third-order valence-electron chi connectivity index (χ3n) is 6.20. The number of halogens is 1. The van der Waals surface area contributed by atoms with Crippen molar-refractivity contribution >= 4 is 23.4 Å². The van der Waals surface area contributed by atoms with Gasteiger partial charge in [0.1, 0.15) is 11.9 Å². The minimum absolute atomic E-state index is 0.0453. The van der Waals surface area contributed by atoms with E-state index < -0.39 is 0 Å². The molecule has 4 rings (SSSR count). The molecule has 31 heavy (non-hydrogen) atoms. The average Bonchev–Trinajstić information content (AvgIpc) is 2.81. The second kappa shape index (κ2) is 10.2. The highest BCUT2D eigenvalue weighted by Crippen LogP contribution is 2.28. The van der Waals surface area contributed by atoms with E-state index in [1.165, 1.54) is 6.42 Å². The van der Waals surface area contributed by atoms with Crippen LogP contribution >= 0.6 is 11.6 Å². The maximum atomic E-state index is 13.1. The molecule has 2 aliphatic heterocycles. The number of benzene rings is 2. The lowest BCUT2D eigenvalue weighted by molar-refractivity contribution is -0.134. The first kappa shape index (κ1) is 21.7. The van der Waals surface area contributed by atoms with Gasteiger partial charge >= 0.3 is 0 Å². The van der Waals surface area contributed by atoms with Crippen molar-refractivity contribution in [1.29, 1.82) is 0 Å². The van der Waals surface area contributed by atoms with E-state index in [2.05, 4.69) is 0 Å². The molecule has 2 heterocycles. The molecule has 2 saturated heterocycles. The molecule has 0 radical (unpaired) electrons. The van der Waals surface area contributed by atoms with Gasteiger partial charge < -0.3 is 14.5 Å². The molecule has 2 aromatic carbocycles. The minimum Gasteiger partial charge on any atom is -0.490 e. The topological polar surface area (TPSA) is 49.9 Å². The Bertz CT molecular complexity index is 899. The van der Waals surface area contributed by atoms with Crippen molar-refractivity contribution in [2.75, 3.05) is 26.2 Å². The first-order chi connectivity index (χ1) is 15.1. The molecular formula is C25H29ClN2O3. The summed E-state index contributed by atoms with van der Waals surface area (Å²) in [5, 5.41) is 0.546. The Morgan fingerprint density at radius 1 is 0.935 bits per heavy atom. The summed E-state index contributed by atoms with van der Waals surface area (Å²) in [6.45, 7) is 2.77. The van der Waals surface area contributed by atoms with Crippen LogP contribution in [0.15, 0.2) is 54.6 Å². The van der Waals surface area contributed by atoms with Gasteiger partial charge in [0.2, 0.25) is 5.91 Å². The van der Waals surface area contributed by atoms with Gasteiger partial charge in [0, 0.05) is 55.5 Å². The molecule has 0 spiro atoms. The van der Waals surface area contributed by atoms with Gasteiger partial charge in [-0.15, -0.1) is 0 Å². The lowest BCUT2D eigenvalue weighted by atomic mass is 9.90. The van der Waals surface area contributed by atoms with Gasteiger partial charge in [-0.05, 0) is 49.6 Å². The maximum absolute atomic E-state index is 13.1. The Hall–Kier alpha value is -2.53. The van der Waals surface area contributed by atoms with E-state index in [0.717, 1.165) is 31.7 Å². The van der Waals surface area contributed by atoms with E-state index in [-0.39, 0.29) is 23.8 Å². The van der Waals surface area contributed by atoms with Crippen LogP contribution in [0, 0.1) is 5.92 Å². The van der Waals surface area contributed by atoms with Crippen molar-refractivity contribution in [3.8, 4) is 5.75 Å². The summed E-state index contributed by atoms with van der Waals surface area (Å²) in [7, 11) is 0. The van der Waals surface area contributed by atoms with Crippen LogP contribution in [-0.2, 0) is 4.79 Å². The number of carbonyl (C=O) groups is 2. The number of hydrogen-bond acceptors (Lipinski definition) is 3. The monoisotopic (exact) mass is 440 g/mol. The molecule has 0 N–H and O–H groups in total. The van der Waals surface area contributed by atoms with Crippen LogP contribution < -0.4 is 4.74 Å². The Morgan fingerprint density at radius 2 is 1.71 bits per heavy atom. The summed E-state index contributed by atoms with van der Waals surface area (Å²) in [6.07, 6.45) is 4.32. The van der Waals surface area contributed by atoms with Gasteiger partial charge in [-0.2, -0.15) is 0 Å². The zero-order valence-corrected chi connectivity index (χ0v) is 18.5.